The van der Waals surface area contributed by atoms with Crippen molar-refractivity contribution in [3.63, 3.8) is 0 Å². The van der Waals surface area contributed by atoms with Crippen molar-refractivity contribution < 1.29 is 38.3 Å². The number of anilines is 1. The van der Waals surface area contributed by atoms with Crippen molar-refractivity contribution in [3.8, 4) is 11.1 Å². The molecule has 0 spiro atoms. The van der Waals surface area contributed by atoms with Crippen LogP contribution in [-0.4, -0.2) is 54.3 Å². The molecule has 1 fully saturated rings. The lowest BCUT2D eigenvalue weighted by molar-refractivity contribution is -0.119. The van der Waals surface area contributed by atoms with Crippen molar-refractivity contribution in [3.05, 3.63) is 82.6 Å². The minimum absolute atomic E-state index is 0.0281. The van der Waals surface area contributed by atoms with Crippen LogP contribution in [0.15, 0.2) is 60.7 Å². The average Bonchev–Trinajstić information content (AvgIpc) is 3.26. The Bertz CT molecular complexity index is 1370. The second kappa shape index (κ2) is 11.6. The third-order valence-electron chi connectivity index (χ3n) is 5.86. The summed E-state index contributed by atoms with van der Waals surface area (Å²) in [5.41, 5.74) is 2.12. The van der Waals surface area contributed by atoms with Gasteiger partial charge in [0.1, 0.15) is 18.5 Å². The van der Waals surface area contributed by atoms with Crippen molar-refractivity contribution in [2.75, 3.05) is 18.0 Å². The molecular weight excluding hydrogens is 518 g/mol. The van der Waals surface area contributed by atoms with Gasteiger partial charge in [0.15, 0.2) is 0 Å². The molecule has 0 bridgehead atoms. The largest absolute Gasteiger partial charge is 0.488 e. The van der Waals surface area contributed by atoms with E-state index in [2.05, 4.69) is 5.32 Å². The van der Waals surface area contributed by atoms with Gasteiger partial charge in [-0.1, -0.05) is 41.9 Å². The van der Waals surface area contributed by atoms with Crippen LogP contribution >= 0.6 is 11.6 Å². The van der Waals surface area contributed by atoms with E-state index >= 15 is 0 Å². The van der Waals surface area contributed by atoms with Crippen LogP contribution in [0.1, 0.15) is 22.8 Å². The fraction of sp³-hybridized carbons (Fsp3) is 0.192. The molecule has 12 heteroatoms. The average molecular weight is 541 g/mol. The minimum atomic E-state index is -1.71. The molecule has 1 atom stereocenters. The van der Waals surface area contributed by atoms with Gasteiger partial charge in [-0.15, -0.1) is 0 Å². The highest BCUT2D eigenvalue weighted by Gasteiger charge is 2.32. The van der Waals surface area contributed by atoms with Crippen LogP contribution in [0.5, 0.6) is 0 Å². The maximum Gasteiger partial charge on any atom is 0.488 e. The third kappa shape index (κ3) is 6.31. The van der Waals surface area contributed by atoms with Crippen LogP contribution in [0.4, 0.5) is 14.9 Å². The number of hydrogen-bond donors (Lipinski definition) is 3. The van der Waals surface area contributed by atoms with Gasteiger partial charge in [0.2, 0.25) is 5.91 Å². The fourth-order valence-electron chi connectivity index (χ4n) is 3.87. The predicted molar refractivity (Wildman–Crippen MR) is 139 cm³/mol. The molecule has 1 saturated heterocycles. The standard InChI is InChI=1S/C26H23BClFN2O7/c1-15(32)30-12-20-13-31(26(34)38-20)19-7-9-21(24(29)11-19)17-4-2-16(3-5-17)14-37-25(33)22-8-6-18(27(35)36)10-23(22)28/h2-11,20,35-36H,12-14H2,1H3,(H,30,32). The molecule has 3 N–H and O–H groups in total. The van der Waals surface area contributed by atoms with Crippen molar-refractivity contribution in [1.29, 1.82) is 0 Å². The molecule has 0 aromatic heterocycles. The van der Waals surface area contributed by atoms with Crippen LogP contribution in [0, 0.1) is 5.82 Å². The summed E-state index contributed by atoms with van der Waals surface area (Å²) >= 11 is 6.04. The molecule has 196 valence electrons. The first kappa shape index (κ1) is 27.1. The van der Waals surface area contributed by atoms with E-state index in [1.165, 1.54) is 36.1 Å². The Morgan fingerprint density at radius 3 is 2.53 bits per heavy atom. The number of amides is 2. The highest BCUT2D eigenvalue weighted by Crippen LogP contribution is 2.29. The molecule has 0 aliphatic carbocycles. The number of benzene rings is 3. The van der Waals surface area contributed by atoms with E-state index in [0.717, 1.165) is 0 Å². The number of carbonyl (C=O) groups excluding carboxylic acids is 3. The Morgan fingerprint density at radius 2 is 1.89 bits per heavy atom. The lowest BCUT2D eigenvalue weighted by Gasteiger charge is -2.15. The van der Waals surface area contributed by atoms with Crippen LogP contribution in [0.3, 0.4) is 0 Å². The zero-order chi connectivity index (χ0) is 27.4. The number of carbonyl (C=O) groups is 3. The smallest absolute Gasteiger partial charge is 0.457 e. The molecule has 4 rings (SSSR count). The number of hydrogen-bond acceptors (Lipinski definition) is 7. The number of halogens is 2. The van der Waals surface area contributed by atoms with Gasteiger partial charge >= 0.3 is 19.2 Å². The Kier molecular flexibility index (Phi) is 8.30. The second-order valence-electron chi connectivity index (χ2n) is 8.60. The van der Waals surface area contributed by atoms with Gasteiger partial charge < -0.3 is 24.8 Å². The van der Waals surface area contributed by atoms with Crippen molar-refractivity contribution in [2.24, 2.45) is 0 Å². The summed E-state index contributed by atoms with van der Waals surface area (Å²) in [7, 11) is -1.71. The van der Waals surface area contributed by atoms with Crippen molar-refractivity contribution in [2.45, 2.75) is 19.6 Å². The zero-order valence-electron chi connectivity index (χ0n) is 20.2. The van der Waals surface area contributed by atoms with Crippen LogP contribution < -0.4 is 15.7 Å². The van der Waals surface area contributed by atoms with Gasteiger partial charge in [-0.2, -0.15) is 0 Å². The van der Waals surface area contributed by atoms with E-state index in [-0.39, 0.29) is 41.7 Å². The second-order valence-corrected chi connectivity index (χ2v) is 9.01. The summed E-state index contributed by atoms with van der Waals surface area (Å²) in [5, 5.41) is 21.0. The van der Waals surface area contributed by atoms with E-state index < -0.39 is 31.1 Å². The van der Waals surface area contributed by atoms with Crippen LogP contribution in [0.2, 0.25) is 5.02 Å². The molecule has 0 saturated carbocycles. The molecule has 2 amide bonds. The number of nitrogens with zero attached hydrogens (tertiary/aromatic N) is 1. The number of rotatable bonds is 8. The summed E-state index contributed by atoms with van der Waals surface area (Å²) in [6.07, 6.45) is -1.14. The summed E-state index contributed by atoms with van der Waals surface area (Å²) in [4.78, 5) is 37.0. The molecule has 1 aliphatic heterocycles. The predicted octanol–water partition coefficient (Wildman–Crippen LogP) is 2.64. The van der Waals surface area contributed by atoms with Gasteiger partial charge in [0.25, 0.3) is 0 Å². The molecule has 3 aromatic carbocycles. The highest BCUT2D eigenvalue weighted by molar-refractivity contribution is 6.59. The fourth-order valence-corrected chi connectivity index (χ4v) is 4.13. The topological polar surface area (TPSA) is 125 Å². The Labute approximate surface area is 222 Å². The molecule has 38 heavy (non-hydrogen) atoms. The lowest BCUT2D eigenvalue weighted by Crippen LogP contribution is -2.33. The highest BCUT2D eigenvalue weighted by atomic mass is 35.5. The van der Waals surface area contributed by atoms with E-state index in [1.54, 1.807) is 36.4 Å². The lowest BCUT2D eigenvalue weighted by atomic mass is 9.80. The van der Waals surface area contributed by atoms with Crippen molar-refractivity contribution >= 4 is 47.8 Å². The Morgan fingerprint density at radius 1 is 1.16 bits per heavy atom. The first-order valence-electron chi connectivity index (χ1n) is 11.6. The molecular formula is C26H23BClFN2O7. The Hall–Kier alpha value is -3.93. The number of esters is 1. The summed E-state index contributed by atoms with van der Waals surface area (Å²) < 4.78 is 25.5. The summed E-state index contributed by atoms with van der Waals surface area (Å²) in [6.45, 7) is 1.67. The van der Waals surface area contributed by atoms with Crippen LogP contribution in [0.25, 0.3) is 11.1 Å². The Balaban J connectivity index is 1.38. The number of cyclic esters (lactones) is 1. The van der Waals surface area contributed by atoms with Gasteiger partial charge in [-0.05, 0) is 46.9 Å². The van der Waals surface area contributed by atoms with E-state index in [0.29, 0.717) is 22.4 Å². The molecule has 1 heterocycles. The molecule has 1 aliphatic rings. The third-order valence-corrected chi connectivity index (χ3v) is 6.18. The molecule has 0 radical (unpaired) electrons. The number of ether oxygens (including phenoxy) is 2. The van der Waals surface area contributed by atoms with Crippen molar-refractivity contribution in [1.82, 2.24) is 5.32 Å². The SMILES string of the molecule is CC(=O)NCC1CN(c2ccc(-c3ccc(COC(=O)c4ccc(B(O)O)cc4Cl)cc3)c(F)c2)C(=O)O1. The zero-order valence-corrected chi connectivity index (χ0v) is 20.9. The minimum Gasteiger partial charge on any atom is -0.457 e. The summed E-state index contributed by atoms with van der Waals surface area (Å²) in [5.74, 6) is -1.45. The maximum atomic E-state index is 15.0. The normalized spacial score (nSPS) is 14.7. The van der Waals surface area contributed by atoms with Gasteiger partial charge in [-0.25, -0.2) is 14.0 Å². The molecule has 3 aromatic rings. The van der Waals surface area contributed by atoms with Gasteiger partial charge in [0, 0.05) is 12.5 Å². The van der Waals surface area contributed by atoms with Gasteiger partial charge in [-0.3, -0.25) is 9.69 Å². The van der Waals surface area contributed by atoms with Gasteiger partial charge in [0.05, 0.1) is 29.4 Å². The van der Waals surface area contributed by atoms with E-state index in [4.69, 9.17) is 21.1 Å². The quantitative estimate of drug-likeness (QED) is 0.296. The first-order chi connectivity index (χ1) is 18.1. The maximum absolute atomic E-state index is 15.0. The molecule has 9 nitrogen and oxygen atoms in total. The first-order valence-corrected chi connectivity index (χ1v) is 11.9. The van der Waals surface area contributed by atoms with E-state index in [1.807, 2.05) is 0 Å². The van der Waals surface area contributed by atoms with E-state index in [9.17, 15) is 28.8 Å². The molecule has 1 unspecified atom stereocenters. The monoisotopic (exact) mass is 540 g/mol. The number of nitrogens with one attached hydrogen (secondary N) is 1. The van der Waals surface area contributed by atoms with Crippen LogP contribution in [-0.2, 0) is 20.9 Å². The summed E-state index contributed by atoms with van der Waals surface area (Å²) in [6, 6.07) is 15.1.